The Hall–Kier alpha value is -8.11. The van der Waals surface area contributed by atoms with Gasteiger partial charge in [0.05, 0.1) is 16.7 Å². The van der Waals surface area contributed by atoms with Crippen LogP contribution in [0.25, 0.3) is 83.4 Å². The van der Waals surface area contributed by atoms with Crippen molar-refractivity contribution < 1.29 is 30.4 Å². The van der Waals surface area contributed by atoms with Gasteiger partial charge in [-0.2, -0.15) is 18.2 Å². The van der Waals surface area contributed by atoms with Crippen molar-refractivity contribution in [1.82, 2.24) is 14.1 Å². The van der Waals surface area contributed by atoms with E-state index in [-0.39, 0.29) is 26.5 Å². The molecule has 6 heteroatoms. The van der Waals surface area contributed by atoms with Crippen LogP contribution >= 0.6 is 0 Å². The summed E-state index contributed by atoms with van der Waals surface area (Å²) in [4.78, 5) is 4.95. The molecule has 0 aliphatic rings. The van der Waals surface area contributed by atoms with Crippen LogP contribution in [0.4, 0.5) is 0 Å². The van der Waals surface area contributed by atoms with Gasteiger partial charge < -0.3 is 13.9 Å². The van der Waals surface area contributed by atoms with Gasteiger partial charge in [0.15, 0.2) is 0 Å². The Morgan fingerprint density at radius 3 is 1.87 bits per heavy atom. The molecular formula is C64H46N4OPt-2. The molecule has 0 radical (unpaired) electrons. The van der Waals surface area contributed by atoms with Gasteiger partial charge in [-0.1, -0.05) is 189 Å². The molecule has 0 aliphatic carbocycles. The second-order valence-electron chi connectivity index (χ2n) is 18.2. The Morgan fingerprint density at radius 2 is 1.16 bits per heavy atom. The zero-order chi connectivity index (χ0) is 46.3. The maximum absolute atomic E-state index is 6.75. The van der Waals surface area contributed by atoms with Crippen LogP contribution in [0.15, 0.2) is 231 Å². The van der Waals surface area contributed by atoms with E-state index in [1.54, 1.807) is 0 Å². The van der Waals surface area contributed by atoms with Gasteiger partial charge in [-0.05, 0) is 91.7 Å². The summed E-state index contributed by atoms with van der Waals surface area (Å²) in [5.74, 6) is 1.98. The second-order valence-corrected chi connectivity index (χ2v) is 18.2. The third-order valence-electron chi connectivity index (χ3n) is 13.2. The van der Waals surface area contributed by atoms with Crippen LogP contribution in [-0.4, -0.2) is 14.1 Å². The molecule has 3 heterocycles. The van der Waals surface area contributed by atoms with Gasteiger partial charge in [0.1, 0.15) is 5.82 Å². The molecule has 340 valence electrons. The third-order valence-corrected chi connectivity index (χ3v) is 13.2. The van der Waals surface area contributed by atoms with Crippen LogP contribution in [0.1, 0.15) is 25.0 Å². The molecule has 3 aromatic heterocycles. The van der Waals surface area contributed by atoms with Crippen LogP contribution in [0, 0.1) is 18.5 Å². The molecule has 9 aromatic carbocycles. The molecule has 0 saturated heterocycles. The number of pyridine rings is 1. The minimum Gasteiger partial charge on any atom is -0.510 e. The van der Waals surface area contributed by atoms with Crippen molar-refractivity contribution >= 4 is 32.8 Å². The van der Waals surface area contributed by atoms with E-state index in [2.05, 4.69) is 252 Å². The predicted molar refractivity (Wildman–Crippen MR) is 279 cm³/mol. The summed E-state index contributed by atoms with van der Waals surface area (Å²) in [6.45, 7) is 4.60. The Balaban J connectivity index is 0.00000533. The van der Waals surface area contributed by atoms with Crippen LogP contribution < -0.4 is 9.30 Å². The minimum absolute atomic E-state index is 0. The van der Waals surface area contributed by atoms with Gasteiger partial charge in [-0.3, -0.25) is 4.57 Å². The van der Waals surface area contributed by atoms with E-state index in [1.165, 1.54) is 11.1 Å². The molecule has 0 bridgehead atoms. The zero-order valence-corrected chi connectivity index (χ0v) is 40.9. The monoisotopic (exact) mass is 1080 g/mol. The molecule has 70 heavy (non-hydrogen) atoms. The fourth-order valence-electron chi connectivity index (χ4n) is 9.86. The predicted octanol–water partition coefficient (Wildman–Crippen LogP) is 15.1. The Morgan fingerprint density at radius 1 is 0.529 bits per heavy atom. The van der Waals surface area contributed by atoms with Gasteiger partial charge >= 0.3 is 0 Å². The summed E-state index contributed by atoms with van der Waals surface area (Å²) in [7, 11) is 0. The van der Waals surface area contributed by atoms with Crippen LogP contribution in [0.2, 0.25) is 0 Å². The quantitative estimate of drug-likeness (QED) is 0.0956. The number of rotatable bonds is 11. The molecule has 12 rings (SSSR count). The van der Waals surface area contributed by atoms with E-state index in [4.69, 9.17) is 9.72 Å². The SMILES string of the molecule is CC(C)(Cc1ccnc(-n2c3[c-]c(Oc4[c-]c(-n5[c-][n+](-c6c(-c7ccccc7)cccc6-c6ccccc6)c6ccc(-c7ccccc7)cc65)ccc4)ccc3c3ccccc32)c1)c1ccccc1.[Pt]. The normalized spacial score (nSPS) is 11.5. The number of nitrogens with zero attached hydrogens (tertiary/aromatic N) is 4. The molecule has 0 atom stereocenters. The van der Waals surface area contributed by atoms with Crippen molar-refractivity contribution in [2.75, 3.05) is 0 Å². The maximum Gasteiger partial charge on any atom is 0.268 e. The molecular weight excluding hydrogens is 1040 g/mol. The van der Waals surface area contributed by atoms with Crippen molar-refractivity contribution in [2.45, 2.75) is 25.7 Å². The Bertz CT molecular complexity index is 3750. The minimum atomic E-state index is -0.0637. The van der Waals surface area contributed by atoms with E-state index < -0.39 is 0 Å². The number of ether oxygens (including phenoxy) is 1. The summed E-state index contributed by atoms with van der Waals surface area (Å²) in [5, 5.41) is 2.20. The third kappa shape index (κ3) is 8.33. The van der Waals surface area contributed by atoms with Crippen LogP contribution in [-0.2, 0) is 32.9 Å². The number of aromatic nitrogens is 4. The first kappa shape index (κ1) is 44.4. The van der Waals surface area contributed by atoms with Gasteiger partial charge in [-0.15, -0.1) is 29.7 Å². The largest absolute Gasteiger partial charge is 0.510 e. The number of fused-ring (bicyclic) bond motifs is 4. The summed E-state index contributed by atoms with van der Waals surface area (Å²) in [5.41, 5.74) is 14.9. The van der Waals surface area contributed by atoms with Crippen molar-refractivity contribution in [2.24, 2.45) is 0 Å². The van der Waals surface area contributed by atoms with Crippen molar-refractivity contribution in [3.63, 3.8) is 0 Å². The molecule has 0 N–H and O–H groups in total. The number of hydrogen-bond donors (Lipinski definition) is 0. The number of para-hydroxylation sites is 2. The summed E-state index contributed by atoms with van der Waals surface area (Å²) in [6, 6.07) is 85.9. The van der Waals surface area contributed by atoms with E-state index in [9.17, 15) is 0 Å². The summed E-state index contributed by atoms with van der Waals surface area (Å²) >= 11 is 0. The van der Waals surface area contributed by atoms with Crippen LogP contribution in [0.5, 0.6) is 11.5 Å². The molecule has 0 amide bonds. The van der Waals surface area contributed by atoms with Crippen molar-refractivity contribution in [3.05, 3.63) is 260 Å². The summed E-state index contributed by atoms with van der Waals surface area (Å²) in [6.07, 6.45) is 6.62. The molecule has 0 unspecified atom stereocenters. The fraction of sp³-hybridized carbons (Fsp3) is 0.0625. The fourth-order valence-corrected chi connectivity index (χ4v) is 9.86. The van der Waals surface area contributed by atoms with E-state index in [0.29, 0.717) is 11.5 Å². The molecule has 0 saturated carbocycles. The van der Waals surface area contributed by atoms with Crippen molar-refractivity contribution in [3.8, 4) is 62.1 Å². The molecule has 0 aliphatic heterocycles. The number of benzene rings is 9. The number of hydrogen-bond acceptors (Lipinski definition) is 2. The first-order valence-electron chi connectivity index (χ1n) is 23.4. The Kier molecular flexibility index (Phi) is 11.9. The smallest absolute Gasteiger partial charge is 0.268 e. The first-order chi connectivity index (χ1) is 33.9. The van der Waals surface area contributed by atoms with Crippen molar-refractivity contribution in [1.29, 1.82) is 0 Å². The molecule has 5 nitrogen and oxygen atoms in total. The van der Waals surface area contributed by atoms with E-state index in [0.717, 1.165) is 89.8 Å². The first-order valence-corrected chi connectivity index (χ1v) is 23.4. The molecule has 0 spiro atoms. The zero-order valence-electron chi connectivity index (χ0n) is 38.7. The average Bonchev–Trinajstić information content (AvgIpc) is 3.95. The standard InChI is InChI=1S/C64H46N4O.Pt/c1-64(2,50-25-13-6-14-26-50)43-45-37-38-65-62(39-45)68-58-32-16-15-29-56(58)57-35-34-53(42-60(57)68)69-52-28-17-27-51(41-52)66-44-67(59-36-33-49(40-61(59)66)46-19-7-3-8-20-46)63-54(47-21-9-4-10-22-47)30-18-31-55(63)48-23-11-5-12-24-48;/h3-40H,43H2,1-2H3;/q-2;. The van der Waals surface area contributed by atoms with Gasteiger partial charge in [0.2, 0.25) is 0 Å². The van der Waals surface area contributed by atoms with Gasteiger partial charge in [-0.25, -0.2) is 4.98 Å². The van der Waals surface area contributed by atoms with E-state index >= 15 is 0 Å². The van der Waals surface area contributed by atoms with E-state index in [1.807, 2.05) is 24.4 Å². The molecule has 0 fully saturated rings. The van der Waals surface area contributed by atoms with Crippen LogP contribution in [0.3, 0.4) is 0 Å². The average molecular weight is 1080 g/mol. The topological polar surface area (TPSA) is 35.9 Å². The maximum atomic E-state index is 6.75. The van der Waals surface area contributed by atoms with Gasteiger partial charge in [0.25, 0.3) is 6.33 Å². The Labute approximate surface area is 422 Å². The molecule has 12 aromatic rings. The second kappa shape index (κ2) is 18.8. The number of imidazole rings is 1. The summed E-state index contributed by atoms with van der Waals surface area (Å²) < 4.78 is 13.3. The van der Waals surface area contributed by atoms with Gasteiger partial charge in [0, 0.05) is 44.3 Å².